The summed E-state index contributed by atoms with van der Waals surface area (Å²) in [6.45, 7) is 0. The molecule has 0 radical (unpaired) electrons. The highest BCUT2D eigenvalue weighted by atomic mass is 32.2. The van der Waals surface area contributed by atoms with Gasteiger partial charge in [-0.05, 0) is 54.2 Å². The molecule has 122 valence electrons. The van der Waals surface area contributed by atoms with Crippen LogP contribution in [0, 0.1) is 11.6 Å². The molecule has 0 fully saturated rings. The molecule has 2 aromatic carbocycles. The van der Waals surface area contributed by atoms with Crippen LogP contribution in [-0.4, -0.2) is 20.7 Å². The molecule has 0 unspecified atom stereocenters. The summed E-state index contributed by atoms with van der Waals surface area (Å²) in [5, 5.41) is 11.2. The topological polar surface area (TPSA) is 59.8 Å². The molecular weight excluding hydrogens is 334 g/mol. The van der Waals surface area contributed by atoms with Crippen LogP contribution in [-0.2, 0) is 7.05 Å². The van der Waals surface area contributed by atoms with Crippen LogP contribution in [0.25, 0.3) is 0 Å². The van der Waals surface area contributed by atoms with Gasteiger partial charge in [0.25, 0.3) is 5.91 Å². The summed E-state index contributed by atoms with van der Waals surface area (Å²) in [7, 11) is 1.85. The SMILES string of the molecule is Cn1cnnc1Sc1ccc(NC(=O)c2ccc(F)c(F)c2)cc1. The molecule has 1 N–H and O–H groups in total. The van der Waals surface area contributed by atoms with Gasteiger partial charge in [-0.3, -0.25) is 4.79 Å². The Balaban J connectivity index is 1.68. The zero-order valence-corrected chi connectivity index (χ0v) is 13.3. The van der Waals surface area contributed by atoms with Gasteiger partial charge in [0.15, 0.2) is 16.8 Å². The van der Waals surface area contributed by atoms with Gasteiger partial charge in [0.05, 0.1) is 0 Å². The first-order valence-corrected chi connectivity index (χ1v) is 7.73. The molecule has 0 bridgehead atoms. The van der Waals surface area contributed by atoms with Crippen molar-refractivity contribution < 1.29 is 13.6 Å². The maximum Gasteiger partial charge on any atom is 0.255 e. The number of hydrogen-bond donors (Lipinski definition) is 1. The van der Waals surface area contributed by atoms with Gasteiger partial charge in [-0.25, -0.2) is 8.78 Å². The van der Waals surface area contributed by atoms with Crippen molar-refractivity contribution in [2.24, 2.45) is 7.05 Å². The Labute approximate surface area is 140 Å². The minimum absolute atomic E-state index is 0.0476. The number of aryl methyl sites for hydroxylation is 1. The Morgan fingerprint density at radius 3 is 2.50 bits per heavy atom. The second kappa shape index (κ2) is 6.79. The molecule has 0 aliphatic carbocycles. The van der Waals surface area contributed by atoms with Crippen LogP contribution < -0.4 is 5.32 Å². The van der Waals surface area contributed by atoms with Gasteiger partial charge >= 0.3 is 0 Å². The Morgan fingerprint density at radius 2 is 1.88 bits per heavy atom. The number of carbonyl (C=O) groups excluding carboxylic acids is 1. The molecule has 0 spiro atoms. The molecule has 0 saturated heterocycles. The number of nitrogens with zero attached hydrogens (tertiary/aromatic N) is 3. The zero-order valence-electron chi connectivity index (χ0n) is 12.5. The third kappa shape index (κ3) is 3.60. The van der Waals surface area contributed by atoms with Crippen molar-refractivity contribution in [3.05, 3.63) is 66.0 Å². The number of amides is 1. The minimum Gasteiger partial charge on any atom is -0.322 e. The Hall–Kier alpha value is -2.74. The number of rotatable bonds is 4. The lowest BCUT2D eigenvalue weighted by atomic mass is 10.2. The lowest BCUT2D eigenvalue weighted by Crippen LogP contribution is -2.12. The predicted molar refractivity (Wildman–Crippen MR) is 85.9 cm³/mol. The summed E-state index contributed by atoms with van der Waals surface area (Å²) in [6.07, 6.45) is 1.61. The van der Waals surface area contributed by atoms with Crippen LogP contribution in [0.5, 0.6) is 0 Å². The lowest BCUT2D eigenvalue weighted by Gasteiger charge is -2.07. The number of halogens is 2. The molecule has 0 saturated carbocycles. The standard InChI is InChI=1S/C16H12F2N4OS/c1-22-9-19-21-16(22)24-12-5-3-11(4-6-12)20-15(23)10-2-7-13(17)14(18)8-10/h2-9H,1H3,(H,20,23). The summed E-state index contributed by atoms with van der Waals surface area (Å²) < 4.78 is 27.9. The molecular formula is C16H12F2N4OS. The number of hydrogen-bond acceptors (Lipinski definition) is 4. The smallest absolute Gasteiger partial charge is 0.255 e. The van der Waals surface area contributed by atoms with Crippen molar-refractivity contribution >= 4 is 23.4 Å². The van der Waals surface area contributed by atoms with Gasteiger partial charge in [-0.2, -0.15) is 0 Å². The van der Waals surface area contributed by atoms with E-state index in [1.165, 1.54) is 17.8 Å². The van der Waals surface area contributed by atoms with E-state index in [9.17, 15) is 13.6 Å². The molecule has 0 aliphatic heterocycles. The zero-order chi connectivity index (χ0) is 17.1. The number of benzene rings is 2. The molecule has 3 rings (SSSR count). The van der Waals surface area contributed by atoms with Crippen LogP contribution in [0.3, 0.4) is 0 Å². The van der Waals surface area contributed by atoms with Gasteiger partial charge in [-0.15, -0.1) is 10.2 Å². The summed E-state index contributed by atoms with van der Waals surface area (Å²) in [5.41, 5.74) is 0.596. The monoisotopic (exact) mass is 346 g/mol. The number of nitrogens with one attached hydrogen (secondary N) is 1. The van der Waals surface area contributed by atoms with E-state index in [1.807, 2.05) is 19.2 Å². The van der Waals surface area contributed by atoms with E-state index in [4.69, 9.17) is 0 Å². The predicted octanol–water partition coefficient (Wildman–Crippen LogP) is 3.50. The first kappa shape index (κ1) is 16.1. The van der Waals surface area contributed by atoms with Crippen molar-refractivity contribution in [3.8, 4) is 0 Å². The van der Waals surface area contributed by atoms with E-state index in [2.05, 4.69) is 15.5 Å². The third-order valence-electron chi connectivity index (χ3n) is 3.17. The van der Waals surface area contributed by atoms with E-state index < -0.39 is 17.5 Å². The summed E-state index contributed by atoms with van der Waals surface area (Å²) >= 11 is 1.43. The van der Waals surface area contributed by atoms with Gasteiger partial charge in [0, 0.05) is 23.2 Å². The summed E-state index contributed by atoms with van der Waals surface area (Å²) in [5.74, 6) is -2.56. The van der Waals surface area contributed by atoms with Crippen LogP contribution in [0.15, 0.2) is 58.8 Å². The molecule has 8 heteroatoms. The van der Waals surface area contributed by atoms with Gasteiger partial charge in [0.1, 0.15) is 6.33 Å². The maximum absolute atomic E-state index is 13.2. The minimum atomic E-state index is -1.06. The van der Waals surface area contributed by atoms with Gasteiger partial charge in [0.2, 0.25) is 0 Å². The maximum atomic E-state index is 13.2. The fourth-order valence-corrected chi connectivity index (χ4v) is 2.68. The highest BCUT2D eigenvalue weighted by molar-refractivity contribution is 7.99. The molecule has 3 aromatic rings. The average molecular weight is 346 g/mol. The molecule has 24 heavy (non-hydrogen) atoms. The second-order valence-electron chi connectivity index (χ2n) is 4.93. The number of carbonyl (C=O) groups is 1. The first-order chi connectivity index (χ1) is 11.5. The van der Waals surface area contributed by atoms with Crippen LogP contribution >= 0.6 is 11.8 Å². The normalized spacial score (nSPS) is 10.6. The van der Waals surface area contributed by atoms with E-state index in [-0.39, 0.29) is 5.56 Å². The fourth-order valence-electron chi connectivity index (χ4n) is 1.92. The molecule has 5 nitrogen and oxygen atoms in total. The van der Waals surface area contributed by atoms with Crippen molar-refractivity contribution in [3.63, 3.8) is 0 Å². The van der Waals surface area contributed by atoms with Gasteiger partial charge < -0.3 is 9.88 Å². The largest absolute Gasteiger partial charge is 0.322 e. The number of aromatic nitrogens is 3. The fraction of sp³-hybridized carbons (Fsp3) is 0.0625. The van der Waals surface area contributed by atoms with Crippen molar-refractivity contribution in [1.29, 1.82) is 0 Å². The van der Waals surface area contributed by atoms with Crippen LogP contribution in [0.2, 0.25) is 0 Å². The second-order valence-corrected chi connectivity index (χ2v) is 5.97. The molecule has 1 amide bonds. The van der Waals surface area contributed by atoms with Crippen LogP contribution in [0.1, 0.15) is 10.4 Å². The Kier molecular flexibility index (Phi) is 4.57. The summed E-state index contributed by atoms with van der Waals surface area (Å²) in [6, 6.07) is 10.1. The van der Waals surface area contributed by atoms with E-state index >= 15 is 0 Å². The van der Waals surface area contributed by atoms with Gasteiger partial charge in [-0.1, -0.05) is 0 Å². The van der Waals surface area contributed by atoms with Crippen molar-refractivity contribution in [1.82, 2.24) is 14.8 Å². The Morgan fingerprint density at radius 1 is 1.12 bits per heavy atom. The lowest BCUT2D eigenvalue weighted by molar-refractivity contribution is 0.102. The van der Waals surface area contributed by atoms with Crippen LogP contribution in [0.4, 0.5) is 14.5 Å². The average Bonchev–Trinajstić information content (AvgIpc) is 2.97. The van der Waals surface area contributed by atoms with Crippen molar-refractivity contribution in [2.75, 3.05) is 5.32 Å². The van der Waals surface area contributed by atoms with E-state index in [0.29, 0.717) is 5.69 Å². The molecule has 0 atom stereocenters. The first-order valence-electron chi connectivity index (χ1n) is 6.91. The Bertz CT molecular complexity index is 880. The van der Waals surface area contributed by atoms with E-state index in [1.54, 1.807) is 23.0 Å². The quantitative estimate of drug-likeness (QED) is 0.785. The molecule has 0 aliphatic rings. The number of anilines is 1. The third-order valence-corrected chi connectivity index (χ3v) is 4.23. The highest BCUT2D eigenvalue weighted by Crippen LogP contribution is 2.26. The molecule has 1 aromatic heterocycles. The highest BCUT2D eigenvalue weighted by Gasteiger charge is 2.10. The molecule has 1 heterocycles. The summed E-state index contributed by atoms with van der Waals surface area (Å²) in [4.78, 5) is 13.0. The van der Waals surface area contributed by atoms with Crippen molar-refractivity contribution in [2.45, 2.75) is 10.1 Å². The van der Waals surface area contributed by atoms with E-state index in [0.717, 1.165) is 22.2 Å².